The lowest BCUT2D eigenvalue weighted by molar-refractivity contribution is -0.132. The molecule has 1 saturated heterocycles. The second-order valence-electron chi connectivity index (χ2n) is 8.02. The second-order valence-corrected chi connectivity index (χ2v) is 9.96. The highest BCUT2D eigenvalue weighted by molar-refractivity contribution is 7.89. The number of nitrogens with one attached hydrogen (secondary N) is 2. The first kappa shape index (κ1) is 22.9. The van der Waals surface area contributed by atoms with Gasteiger partial charge in [0, 0.05) is 32.2 Å². The fraction of sp³-hybridized carbons (Fsp3) is 0.364. The molecule has 31 heavy (non-hydrogen) atoms. The summed E-state index contributed by atoms with van der Waals surface area (Å²) in [6.07, 6.45) is 1.10. The molecule has 1 aliphatic heterocycles. The maximum atomic E-state index is 13.3. The average Bonchev–Trinajstić information content (AvgIpc) is 2.72. The van der Waals surface area contributed by atoms with Crippen molar-refractivity contribution in [3.8, 4) is 0 Å². The van der Waals surface area contributed by atoms with Gasteiger partial charge in [-0.3, -0.25) is 9.59 Å². The minimum absolute atomic E-state index is 0.0533. The van der Waals surface area contributed by atoms with Crippen molar-refractivity contribution in [3.63, 3.8) is 0 Å². The molecule has 0 spiro atoms. The molecule has 9 heteroatoms. The van der Waals surface area contributed by atoms with Gasteiger partial charge in [0.1, 0.15) is 5.82 Å². The van der Waals surface area contributed by atoms with Crippen LogP contribution < -0.4 is 10.6 Å². The normalized spacial score (nSPS) is 19.6. The maximum absolute atomic E-state index is 13.3. The van der Waals surface area contributed by atoms with Gasteiger partial charge in [-0.05, 0) is 61.7 Å². The van der Waals surface area contributed by atoms with E-state index in [-0.39, 0.29) is 35.6 Å². The summed E-state index contributed by atoms with van der Waals surface area (Å²) >= 11 is 0. The number of benzene rings is 2. The van der Waals surface area contributed by atoms with Gasteiger partial charge in [0.15, 0.2) is 0 Å². The zero-order chi connectivity index (χ0) is 22.6. The van der Waals surface area contributed by atoms with Crippen LogP contribution in [0, 0.1) is 11.2 Å². The van der Waals surface area contributed by atoms with E-state index >= 15 is 0 Å². The van der Waals surface area contributed by atoms with Crippen LogP contribution >= 0.6 is 0 Å². The summed E-state index contributed by atoms with van der Waals surface area (Å²) < 4.78 is 40.9. The second kappa shape index (κ2) is 9.15. The van der Waals surface area contributed by atoms with E-state index in [1.807, 2.05) is 0 Å². The molecule has 2 aromatic carbocycles. The van der Waals surface area contributed by atoms with Crippen LogP contribution in [0.25, 0.3) is 0 Å². The van der Waals surface area contributed by atoms with E-state index in [0.717, 1.165) is 0 Å². The molecule has 2 amide bonds. The summed E-state index contributed by atoms with van der Waals surface area (Å²) in [5, 5.41) is 5.40. The van der Waals surface area contributed by atoms with Crippen molar-refractivity contribution in [2.75, 3.05) is 18.4 Å². The van der Waals surface area contributed by atoms with Crippen molar-refractivity contribution < 1.29 is 22.4 Å². The highest BCUT2D eigenvalue weighted by atomic mass is 32.2. The molecule has 0 aliphatic carbocycles. The van der Waals surface area contributed by atoms with Crippen molar-refractivity contribution in [1.82, 2.24) is 9.62 Å². The van der Waals surface area contributed by atoms with Gasteiger partial charge in [-0.1, -0.05) is 12.1 Å². The summed E-state index contributed by atoms with van der Waals surface area (Å²) in [6, 6.07) is 11.9. The van der Waals surface area contributed by atoms with E-state index < -0.39 is 15.4 Å². The Hall–Kier alpha value is -2.78. The van der Waals surface area contributed by atoms with Crippen LogP contribution in [-0.4, -0.2) is 37.6 Å². The maximum Gasteiger partial charge on any atom is 0.243 e. The van der Waals surface area contributed by atoms with Crippen LogP contribution in [0.4, 0.5) is 10.1 Å². The fourth-order valence-electron chi connectivity index (χ4n) is 3.69. The van der Waals surface area contributed by atoms with E-state index in [1.165, 1.54) is 47.6 Å². The van der Waals surface area contributed by atoms with Crippen LogP contribution in [0.1, 0.15) is 32.3 Å². The smallest absolute Gasteiger partial charge is 0.243 e. The monoisotopic (exact) mass is 447 g/mol. The molecule has 3 rings (SSSR count). The van der Waals surface area contributed by atoms with Crippen molar-refractivity contribution in [3.05, 3.63) is 59.9 Å². The van der Waals surface area contributed by atoms with E-state index in [1.54, 1.807) is 19.1 Å². The van der Waals surface area contributed by atoms with Crippen LogP contribution in [-0.2, 0) is 26.2 Å². The lowest BCUT2D eigenvalue weighted by Crippen LogP contribution is -2.51. The molecule has 1 atom stereocenters. The number of halogens is 1. The van der Waals surface area contributed by atoms with Crippen molar-refractivity contribution >= 4 is 27.5 Å². The molecule has 7 nitrogen and oxygen atoms in total. The SMILES string of the molecule is CC(=O)Nc1ccc(S(=O)(=O)N2CCC[C@](C)(C(=O)NCc3cccc(F)c3)C2)cc1. The summed E-state index contributed by atoms with van der Waals surface area (Å²) in [7, 11) is -3.79. The van der Waals surface area contributed by atoms with E-state index in [2.05, 4.69) is 10.6 Å². The summed E-state index contributed by atoms with van der Waals surface area (Å²) in [6.45, 7) is 3.66. The largest absolute Gasteiger partial charge is 0.352 e. The number of amides is 2. The molecule has 0 saturated carbocycles. The Morgan fingerprint density at radius 2 is 1.87 bits per heavy atom. The van der Waals surface area contributed by atoms with Gasteiger partial charge in [0.25, 0.3) is 0 Å². The third-order valence-electron chi connectivity index (χ3n) is 5.36. The van der Waals surface area contributed by atoms with Crippen molar-refractivity contribution in [2.24, 2.45) is 5.41 Å². The van der Waals surface area contributed by atoms with Gasteiger partial charge in [0.05, 0.1) is 10.3 Å². The fourth-order valence-corrected chi connectivity index (χ4v) is 5.29. The molecule has 0 aromatic heterocycles. The Labute approximate surface area is 181 Å². The molecule has 1 fully saturated rings. The molecule has 1 aliphatic rings. The van der Waals surface area contributed by atoms with Crippen LogP contribution in [0.2, 0.25) is 0 Å². The number of hydrogen-bond donors (Lipinski definition) is 2. The molecule has 2 aromatic rings. The van der Waals surface area contributed by atoms with Gasteiger partial charge in [-0.2, -0.15) is 4.31 Å². The zero-order valence-electron chi connectivity index (χ0n) is 17.5. The Morgan fingerprint density at radius 3 is 2.52 bits per heavy atom. The van der Waals surface area contributed by atoms with Gasteiger partial charge < -0.3 is 10.6 Å². The minimum atomic E-state index is -3.79. The predicted molar refractivity (Wildman–Crippen MR) is 115 cm³/mol. The molecule has 0 unspecified atom stereocenters. The first-order chi connectivity index (χ1) is 14.6. The first-order valence-electron chi connectivity index (χ1n) is 10.0. The highest BCUT2D eigenvalue weighted by Gasteiger charge is 2.41. The van der Waals surface area contributed by atoms with Crippen molar-refractivity contribution in [1.29, 1.82) is 0 Å². The number of nitrogens with zero attached hydrogens (tertiary/aromatic N) is 1. The lowest BCUT2D eigenvalue weighted by Gasteiger charge is -2.38. The molecular weight excluding hydrogens is 421 g/mol. The molecule has 166 valence electrons. The zero-order valence-corrected chi connectivity index (χ0v) is 18.3. The Morgan fingerprint density at radius 1 is 1.16 bits per heavy atom. The first-order valence-corrected chi connectivity index (χ1v) is 11.4. The van der Waals surface area contributed by atoms with Gasteiger partial charge in [0.2, 0.25) is 21.8 Å². The Balaban J connectivity index is 1.70. The van der Waals surface area contributed by atoms with E-state index in [0.29, 0.717) is 30.6 Å². The molecule has 2 N–H and O–H groups in total. The highest BCUT2D eigenvalue weighted by Crippen LogP contribution is 2.33. The average molecular weight is 448 g/mol. The number of piperidine rings is 1. The number of carbonyl (C=O) groups is 2. The lowest BCUT2D eigenvalue weighted by atomic mass is 9.82. The predicted octanol–water partition coefficient (Wildman–Crippen LogP) is 2.89. The minimum Gasteiger partial charge on any atom is -0.352 e. The molecular formula is C22H26FN3O4S. The quantitative estimate of drug-likeness (QED) is 0.712. The summed E-state index contributed by atoms with van der Waals surface area (Å²) in [5.74, 6) is -0.887. The summed E-state index contributed by atoms with van der Waals surface area (Å²) in [5.41, 5.74) is 0.248. The number of anilines is 1. The third kappa shape index (κ3) is 5.48. The number of rotatable bonds is 6. The van der Waals surface area contributed by atoms with Crippen molar-refractivity contribution in [2.45, 2.75) is 38.1 Å². The number of hydrogen-bond acceptors (Lipinski definition) is 4. The van der Waals surface area contributed by atoms with Crippen LogP contribution in [0.15, 0.2) is 53.4 Å². The number of sulfonamides is 1. The Bertz CT molecular complexity index is 1070. The standard InChI is InChI=1S/C22H26FN3O4S/c1-16(27)25-19-7-9-20(10-8-19)31(29,30)26-12-4-11-22(2,15-26)21(28)24-14-17-5-3-6-18(23)13-17/h3,5-10,13H,4,11-12,14-15H2,1-2H3,(H,24,28)(H,25,27)/t22-/m0/s1. The van der Waals surface area contributed by atoms with Gasteiger partial charge >= 0.3 is 0 Å². The molecule has 0 bridgehead atoms. The summed E-state index contributed by atoms with van der Waals surface area (Å²) in [4.78, 5) is 24.1. The van der Waals surface area contributed by atoms with Crippen LogP contribution in [0.3, 0.4) is 0 Å². The van der Waals surface area contributed by atoms with Gasteiger partial charge in [-0.15, -0.1) is 0 Å². The Kier molecular flexibility index (Phi) is 6.76. The number of carbonyl (C=O) groups excluding carboxylic acids is 2. The van der Waals surface area contributed by atoms with E-state index in [9.17, 15) is 22.4 Å². The van der Waals surface area contributed by atoms with Gasteiger partial charge in [-0.25, -0.2) is 12.8 Å². The van der Waals surface area contributed by atoms with E-state index in [4.69, 9.17) is 0 Å². The van der Waals surface area contributed by atoms with Crippen LogP contribution in [0.5, 0.6) is 0 Å². The third-order valence-corrected chi connectivity index (χ3v) is 7.22. The molecule has 1 heterocycles. The topological polar surface area (TPSA) is 95.6 Å². The molecule has 0 radical (unpaired) electrons.